The zero-order valence-electron chi connectivity index (χ0n) is 9.82. The van der Waals surface area contributed by atoms with Gasteiger partial charge >= 0.3 is 6.18 Å². The highest BCUT2D eigenvalue weighted by molar-refractivity contribution is 9.10. The Bertz CT molecular complexity index is 608. The maximum atomic E-state index is 13.3. The van der Waals surface area contributed by atoms with Crippen LogP contribution in [-0.4, -0.2) is 17.1 Å². The highest BCUT2D eigenvalue weighted by atomic mass is 79.9. The maximum Gasteiger partial charge on any atom is 0.429 e. The average Bonchev–Trinajstić information content (AvgIpc) is 2.90. The Morgan fingerprint density at radius 2 is 1.75 bits per heavy atom. The number of hydrogen-bond donors (Lipinski definition) is 1. The van der Waals surface area contributed by atoms with Crippen LogP contribution in [0.4, 0.5) is 13.2 Å². The van der Waals surface area contributed by atoms with Crippen molar-refractivity contribution in [3.63, 3.8) is 0 Å². The van der Waals surface area contributed by atoms with Crippen molar-refractivity contribution in [2.24, 2.45) is 0 Å². The van der Waals surface area contributed by atoms with Crippen molar-refractivity contribution in [3.05, 3.63) is 56.7 Å². The SMILES string of the molecule is O=C(c1cccs1)C(O)(c1ccc(Br)cc1)C(F)(F)F. The summed E-state index contributed by atoms with van der Waals surface area (Å²) in [6.45, 7) is 0. The molecule has 7 heteroatoms. The highest BCUT2D eigenvalue weighted by Gasteiger charge is 2.60. The van der Waals surface area contributed by atoms with Crippen molar-refractivity contribution in [2.75, 3.05) is 0 Å². The van der Waals surface area contributed by atoms with Crippen LogP contribution in [0.5, 0.6) is 0 Å². The molecule has 1 atom stereocenters. The lowest BCUT2D eigenvalue weighted by Gasteiger charge is -2.29. The zero-order chi connectivity index (χ0) is 15.0. The number of rotatable bonds is 3. The van der Waals surface area contributed by atoms with Gasteiger partial charge < -0.3 is 5.11 Å². The summed E-state index contributed by atoms with van der Waals surface area (Å²) in [5.74, 6) is -1.37. The predicted molar refractivity (Wildman–Crippen MR) is 72.7 cm³/mol. The van der Waals surface area contributed by atoms with Gasteiger partial charge in [-0.2, -0.15) is 13.2 Å². The van der Waals surface area contributed by atoms with Crippen molar-refractivity contribution in [1.82, 2.24) is 0 Å². The molecule has 0 aliphatic carbocycles. The number of Topliss-reactive ketones (excluding diaryl/α,β-unsaturated/α-hetero) is 1. The molecule has 20 heavy (non-hydrogen) atoms. The van der Waals surface area contributed by atoms with Crippen molar-refractivity contribution in [3.8, 4) is 0 Å². The minimum absolute atomic E-state index is 0.146. The molecule has 2 rings (SSSR count). The Hall–Kier alpha value is -1.18. The molecule has 2 nitrogen and oxygen atoms in total. The van der Waals surface area contributed by atoms with E-state index >= 15 is 0 Å². The van der Waals surface area contributed by atoms with Gasteiger partial charge in [-0.25, -0.2) is 0 Å². The first-order valence-electron chi connectivity index (χ1n) is 5.40. The molecule has 0 saturated heterocycles. The molecule has 0 bridgehead atoms. The molecule has 0 aliphatic rings. The van der Waals surface area contributed by atoms with Gasteiger partial charge in [0.2, 0.25) is 11.4 Å². The lowest BCUT2D eigenvalue weighted by atomic mass is 9.88. The maximum absolute atomic E-state index is 13.3. The number of carbonyl (C=O) groups is 1. The number of aliphatic hydroxyl groups is 1. The Labute approximate surface area is 125 Å². The Morgan fingerprint density at radius 1 is 1.15 bits per heavy atom. The topological polar surface area (TPSA) is 37.3 Å². The molecule has 1 unspecified atom stereocenters. The van der Waals surface area contributed by atoms with Gasteiger partial charge in [0.1, 0.15) is 0 Å². The van der Waals surface area contributed by atoms with E-state index < -0.39 is 23.1 Å². The van der Waals surface area contributed by atoms with E-state index in [4.69, 9.17) is 0 Å². The number of carbonyl (C=O) groups excluding carboxylic acids is 1. The number of halogens is 4. The average molecular weight is 365 g/mol. The lowest BCUT2D eigenvalue weighted by Crippen LogP contribution is -2.49. The van der Waals surface area contributed by atoms with E-state index in [1.165, 1.54) is 29.6 Å². The molecule has 1 heterocycles. The number of ketones is 1. The normalized spacial score (nSPS) is 14.8. The minimum Gasteiger partial charge on any atom is -0.370 e. The van der Waals surface area contributed by atoms with Gasteiger partial charge in [0.25, 0.3) is 0 Å². The molecule has 0 spiro atoms. The summed E-state index contributed by atoms with van der Waals surface area (Å²) < 4.78 is 40.3. The first-order valence-corrected chi connectivity index (χ1v) is 7.07. The molecule has 1 aromatic carbocycles. The van der Waals surface area contributed by atoms with E-state index in [1.807, 2.05) is 0 Å². The second kappa shape index (κ2) is 5.31. The van der Waals surface area contributed by atoms with Gasteiger partial charge in [0.15, 0.2) is 0 Å². The van der Waals surface area contributed by atoms with Gasteiger partial charge in [0, 0.05) is 10.0 Å². The third kappa shape index (κ3) is 2.53. The molecule has 0 saturated carbocycles. The second-order valence-corrected chi connectivity index (χ2v) is 5.88. The molecular weight excluding hydrogens is 357 g/mol. The van der Waals surface area contributed by atoms with Crippen LogP contribution in [0.3, 0.4) is 0 Å². The van der Waals surface area contributed by atoms with Crippen LogP contribution in [0.2, 0.25) is 0 Å². The summed E-state index contributed by atoms with van der Waals surface area (Å²) in [7, 11) is 0. The smallest absolute Gasteiger partial charge is 0.370 e. The first-order chi connectivity index (χ1) is 9.26. The number of hydrogen-bond acceptors (Lipinski definition) is 3. The van der Waals surface area contributed by atoms with Crippen molar-refractivity contribution >= 4 is 33.0 Å². The molecule has 0 radical (unpaired) electrons. The van der Waals surface area contributed by atoms with Crippen LogP contribution < -0.4 is 0 Å². The standard InChI is InChI=1S/C13H8BrF3O2S/c14-9-5-3-8(4-6-9)12(19,13(15,16)17)11(18)10-2-1-7-20-10/h1-7,19H. The summed E-state index contributed by atoms with van der Waals surface area (Å²) in [5, 5.41) is 11.5. The van der Waals surface area contributed by atoms with Crippen LogP contribution in [-0.2, 0) is 5.60 Å². The van der Waals surface area contributed by atoms with Crippen LogP contribution in [0.1, 0.15) is 15.2 Å². The van der Waals surface area contributed by atoms with Crippen LogP contribution in [0.15, 0.2) is 46.3 Å². The van der Waals surface area contributed by atoms with Crippen LogP contribution >= 0.6 is 27.3 Å². The van der Waals surface area contributed by atoms with Gasteiger partial charge in [-0.15, -0.1) is 11.3 Å². The largest absolute Gasteiger partial charge is 0.429 e. The molecule has 0 amide bonds. The van der Waals surface area contributed by atoms with E-state index in [2.05, 4.69) is 15.9 Å². The third-order valence-electron chi connectivity index (χ3n) is 2.75. The second-order valence-electron chi connectivity index (χ2n) is 4.02. The number of alkyl halides is 3. The monoisotopic (exact) mass is 364 g/mol. The van der Waals surface area contributed by atoms with Gasteiger partial charge in [-0.05, 0) is 23.6 Å². The van der Waals surface area contributed by atoms with Gasteiger partial charge in [0.05, 0.1) is 4.88 Å². The fourth-order valence-corrected chi connectivity index (χ4v) is 2.68. The van der Waals surface area contributed by atoms with E-state index in [9.17, 15) is 23.1 Å². The van der Waals surface area contributed by atoms with Gasteiger partial charge in [-0.1, -0.05) is 34.1 Å². The molecule has 0 aliphatic heterocycles. The van der Waals surface area contributed by atoms with Crippen LogP contribution in [0.25, 0.3) is 0 Å². The van der Waals surface area contributed by atoms with Gasteiger partial charge in [-0.3, -0.25) is 4.79 Å². The molecule has 1 N–H and O–H groups in total. The van der Waals surface area contributed by atoms with E-state index in [0.717, 1.165) is 23.5 Å². The third-order valence-corrected chi connectivity index (χ3v) is 4.14. The van der Waals surface area contributed by atoms with Crippen molar-refractivity contribution in [2.45, 2.75) is 11.8 Å². The van der Waals surface area contributed by atoms with Crippen LogP contribution in [0, 0.1) is 0 Å². The Kier molecular flexibility index (Phi) is 4.04. The van der Waals surface area contributed by atoms with E-state index in [1.54, 1.807) is 0 Å². The molecule has 0 fully saturated rings. The summed E-state index contributed by atoms with van der Waals surface area (Å²) >= 11 is 3.95. The lowest BCUT2D eigenvalue weighted by molar-refractivity contribution is -0.242. The molecular formula is C13H8BrF3O2S. The summed E-state index contributed by atoms with van der Waals surface area (Å²) in [6, 6.07) is 7.53. The van der Waals surface area contributed by atoms with Crippen molar-refractivity contribution < 1.29 is 23.1 Å². The summed E-state index contributed by atoms with van der Waals surface area (Å²) in [5.41, 5.74) is -4.05. The quantitative estimate of drug-likeness (QED) is 0.830. The fourth-order valence-electron chi connectivity index (χ4n) is 1.70. The first kappa shape index (κ1) is 15.2. The summed E-state index contributed by atoms with van der Waals surface area (Å²) in [4.78, 5) is 11.9. The molecule has 1 aromatic heterocycles. The highest BCUT2D eigenvalue weighted by Crippen LogP contribution is 2.42. The van der Waals surface area contributed by atoms with E-state index in [0.29, 0.717) is 4.47 Å². The predicted octanol–water partition coefficient (Wildman–Crippen LogP) is 4.14. The molecule has 106 valence electrons. The van der Waals surface area contributed by atoms with E-state index in [-0.39, 0.29) is 4.88 Å². The number of benzene rings is 1. The summed E-state index contributed by atoms with van der Waals surface area (Å²) in [6.07, 6.45) is -5.11. The Morgan fingerprint density at radius 3 is 2.20 bits per heavy atom. The zero-order valence-corrected chi connectivity index (χ0v) is 12.2. The minimum atomic E-state index is -5.11. The fraction of sp³-hybridized carbons (Fsp3) is 0.154. The van der Waals surface area contributed by atoms with Crippen molar-refractivity contribution in [1.29, 1.82) is 0 Å². The number of thiophene rings is 1. The molecule has 2 aromatic rings. The Balaban J connectivity index is 2.57.